The number of halogens is 1. The monoisotopic (exact) mass is 309 g/mol. The molecule has 1 heterocycles. The lowest BCUT2D eigenvalue weighted by molar-refractivity contribution is -0.114. The SMILES string of the molecule is CNC(N)=NC(=O)c1cc2ccc(NC(C)=O)cc2[nH]1.Cl. The highest BCUT2D eigenvalue weighted by Gasteiger charge is 2.09. The van der Waals surface area contributed by atoms with Crippen LogP contribution in [0.5, 0.6) is 0 Å². The minimum atomic E-state index is -0.464. The molecule has 1 aromatic heterocycles. The van der Waals surface area contributed by atoms with Gasteiger partial charge in [0.2, 0.25) is 5.91 Å². The third kappa shape index (κ3) is 3.96. The van der Waals surface area contributed by atoms with E-state index in [0.717, 1.165) is 10.9 Å². The molecule has 1 aromatic carbocycles. The molecule has 0 aliphatic heterocycles. The van der Waals surface area contributed by atoms with E-state index in [1.54, 1.807) is 31.3 Å². The van der Waals surface area contributed by atoms with E-state index in [9.17, 15) is 9.59 Å². The van der Waals surface area contributed by atoms with E-state index in [2.05, 4.69) is 20.6 Å². The van der Waals surface area contributed by atoms with Crippen molar-refractivity contribution in [2.75, 3.05) is 12.4 Å². The fourth-order valence-corrected chi connectivity index (χ4v) is 1.75. The molecule has 0 bridgehead atoms. The predicted octanol–water partition coefficient (Wildman–Crippen LogP) is 1.22. The summed E-state index contributed by atoms with van der Waals surface area (Å²) < 4.78 is 0. The Bertz CT molecular complexity index is 708. The van der Waals surface area contributed by atoms with Crippen molar-refractivity contribution in [1.29, 1.82) is 0 Å². The van der Waals surface area contributed by atoms with Crippen LogP contribution in [0.4, 0.5) is 5.69 Å². The van der Waals surface area contributed by atoms with Crippen LogP contribution in [0.1, 0.15) is 17.4 Å². The van der Waals surface area contributed by atoms with Gasteiger partial charge in [0.15, 0.2) is 5.96 Å². The first-order valence-corrected chi connectivity index (χ1v) is 5.96. The Balaban J connectivity index is 0.00000220. The van der Waals surface area contributed by atoms with Gasteiger partial charge in [-0.1, -0.05) is 6.07 Å². The highest BCUT2D eigenvalue weighted by atomic mass is 35.5. The molecule has 0 radical (unpaired) electrons. The number of guanidine groups is 1. The second-order valence-corrected chi connectivity index (χ2v) is 4.22. The number of benzene rings is 1. The summed E-state index contributed by atoms with van der Waals surface area (Å²) in [6.07, 6.45) is 0. The summed E-state index contributed by atoms with van der Waals surface area (Å²) in [5, 5.41) is 6.10. The van der Waals surface area contributed by atoms with Crippen LogP contribution in [0.3, 0.4) is 0 Å². The highest BCUT2D eigenvalue weighted by molar-refractivity contribution is 6.04. The molecule has 0 aliphatic rings. The number of aromatic amines is 1. The van der Waals surface area contributed by atoms with Gasteiger partial charge in [0, 0.05) is 30.6 Å². The number of anilines is 1. The Labute approximate surface area is 127 Å². The third-order valence-corrected chi connectivity index (χ3v) is 2.65. The van der Waals surface area contributed by atoms with Gasteiger partial charge in [0.05, 0.1) is 0 Å². The number of amides is 2. The van der Waals surface area contributed by atoms with Crippen LogP contribution in [0.2, 0.25) is 0 Å². The van der Waals surface area contributed by atoms with Gasteiger partial charge < -0.3 is 21.4 Å². The van der Waals surface area contributed by atoms with Crippen LogP contribution in [0.25, 0.3) is 10.9 Å². The van der Waals surface area contributed by atoms with Crippen molar-refractivity contribution >= 4 is 46.8 Å². The molecule has 0 fully saturated rings. The van der Waals surface area contributed by atoms with E-state index in [-0.39, 0.29) is 24.3 Å². The number of nitrogens with one attached hydrogen (secondary N) is 3. The second kappa shape index (κ2) is 6.76. The quantitative estimate of drug-likeness (QED) is 0.493. The van der Waals surface area contributed by atoms with Gasteiger partial charge in [-0.3, -0.25) is 9.59 Å². The largest absolute Gasteiger partial charge is 0.370 e. The third-order valence-electron chi connectivity index (χ3n) is 2.65. The number of hydrogen-bond acceptors (Lipinski definition) is 2. The highest BCUT2D eigenvalue weighted by Crippen LogP contribution is 2.20. The second-order valence-electron chi connectivity index (χ2n) is 4.22. The summed E-state index contributed by atoms with van der Waals surface area (Å²) >= 11 is 0. The van der Waals surface area contributed by atoms with E-state index in [0.29, 0.717) is 11.4 Å². The van der Waals surface area contributed by atoms with Gasteiger partial charge in [-0.05, 0) is 18.2 Å². The van der Waals surface area contributed by atoms with Crippen LogP contribution >= 0.6 is 12.4 Å². The zero-order valence-electron chi connectivity index (χ0n) is 11.6. The van der Waals surface area contributed by atoms with E-state index in [1.807, 2.05) is 0 Å². The maximum Gasteiger partial charge on any atom is 0.296 e. The molecule has 0 spiro atoms. The molecule has 21 heavy (non-hydrogen) atoms. The molecule has 2 amide bonds. The number of H-pyrrole nitrogens is 1. The molecule has 0 aliphatic carbocycles. The number of nitrogens with two attached hydrogens (primary N) is 1. The van der Waals surface area contributed by atoms with E-state index in [4.69, 9.17) is 5.73 Å². The lowest BCUT2D eigenvalue weighted by Crippen LogP contribution is -2.28. The summed E-state index contributed by atoms with van der Waals surface area (Å²) in [5.74, 6) is -0.569. The topological polar surface area (TPSA) is 112 Å². The number of nitrogens with zero attached hydrogens (tertiary/aromatic N) is 1. The van der Waals surface area contributed by atoms with Gasteiger partial charge in [-0.2, -0.15) is 4.99 Å². The summed E-state index contributed by atoms with van der Waals surface area (Å²) in [5.41, 5.74) is 7.16. The average molecular weight is 310 g/mol. The van der Waals surface area contributed by atoms with Crippen molar-refractivity contribution in [2.45, 2.75) is 6.92 Å². The zero-order chi connectivity index (χ0) is 14.7. The first kappa shape index (κ1) is 16.5. The summed E-state index contributed by atoms with van der Waals surface area (Å²) in [6, 6.07) is 7.00. The molecule has 0 unspecified atom stereocenters. The van der Waals surface area contributed by atoms with Gasteiger partial charge in [0.25, 0.3) is 5.91 Å². The Kier molecular flexibility index (Phi) is 5.31. The molecule has 112 valence electrons. The molecule has 8 heteroatoms. The smallest absolute Gasteiger partial charge is 0.296 e. The minimum Gasteiger partial charge on any atom is -0.370 e. The number of carbonyl (C=O) groups excluding carboxylic acids is 2. The van der Waals surface area contributed by atoms with Gasteiger partial charge in [-0.25, -0.2) is 0 Å². The molecule has 7 nitrogen and oxygen atoms in total. The van der Waals surface area contributed by atoms with Crippen molar-refractivity contribution in [1.82, 2.24) is 10.3 Å². The molecular formula is C13H16ClN5O2. The number of fused-ring (bicyclic) bond motifs is 1. The van der Waals surface area contributed by atoms with Crippen molar-refractivity contribution in [3.05, 3.63) is 30.0 Å². The van der Waals surface area contributed by atoms with Crippen molar-refractivity contribution in [2.24, 2.45) is 10.7 Å². The Morgan fingerprint density at radius 1 is 1.29 bits per heavy atom. The summed E-state index contributed by atoms with van der Waals surface area (Å²) in [7, 11) is 1.58. The maximum absolute atomic E-state index is 11.8. The fraction of sp³-hybridized carbons (Fsp3) is 0.154. The molecule has 0 atom stereocenters. The van der Waals surface area contributed by atoms with Crippen LogP contribution in [0.15, 0.2) is 29.3 Å². The van der Waals surface area contributed by atoms with Gasteiger partial charge in [-0.15, -0.1) is 12.4 Å². The molecule has 0 saturated carbocycles. The molecule has 2 rings (SSSR count). The van der Waals surface area contributed by atoms with Crippen LogP contribution in [0, 0.1) is 0 Å². The molecule has 0 saturated heterocycles. The maximum atomic E-state index is 11.8. The number of hydrogen-bond donors (Lipinski definition) is 4. The number of aromatic nitrogens is 1. The number of aliphatic imine (C=N–C) groups is 1. The molecule has 5 N–H and O–H groups in total. The lowest BCUT2D eigenvalue weighted by Gasteiger charge is -2.00. The number of rotatable bonds is 2. The Morgan fingerprint density at radius 3 is 2.62 bits per heavy atom. The summed E-state index contributed by atoms with van der Waals surface area (Å²) in [4.78, 5) is 29.5. The zero-order valence-corrected chi connectivity index (χ0v) is 12.4. The standard InChI is InChI=1S/C13H15N5O2.ClH/c1-7(19)16-9-4-3-8-5-11(17-10(8)6-9)12(20)18-13(14)15-2;/h3-6,17H,1-2H3,(H,16,19)(H3,14,15,18,20);1H. The Hall–Kier alpha value is -2.54. The first-order chi connectivity index (χ1) is 9.49. The van der Waals surface area contributed by atoms with Crippen molar-refractivity contribution in [3.63, 3.8) is 0 Å². The lowest BCUT2D eigenvalue weighted by atomic mass is 10.2. The van der Waals surface area contributed by atoms with Crippen molar-refractivity contribution in [3.8, 4) is 0 Å². The van der Waals surface area contributed by atoms with E-state index in [1.165, 1.54) is 6.92 Å². The van der Waals surface area contributed by atoms with E-state index < -0.39 is 5.91 Å². The normalized spacial score (nSPS) is 10.9. The van der Waals surface area contributed by atoms with Crippen LogP contribution in [-0.4, -0.2) is 29.8 Å². The first-order valence-electron chi connectivity index (χ1n) is 5.96. The van der Waals surface area contributed by atoms with Gasteiger partial charge >= 0.3 is 0 Å². The van der Waals surface area contributed by atoms with Crippen molar-refractivity contribution < 1.29 is 9.59 Å². The number of carbonyl (C=O) groups is 2. The molecular weight excluding hydrogens is 294 g/mol. The Morgan fingerprint density at radius 2 is 2.00 bits per heavy atom. The molecule has 2 aromatic rings. The van der Waals surface area contributed by atoms with E-state index >= 15 is 0 Å². The fourth-order valence-electron chi connectivity index (χ4n) is 1.75. The van der Waals surface area contributed by atoms with Gasteiger partial charge in [0.1, 0.15) is 5.69 Å². The average Bonchev–Trinajstić information content (AvgIpc) is 2.81. The van der Waals surface area contributed by atoms with Crippen LogP contribution in [-0.2, 0) is 4.79 Å². The van der Waals surface area contributed by atoms with Crippen LogP contribution < -0.4 is 16.4 Å². The predicted molar refractivity (Wildman–Crippen MR) is 84.9 cm³/mol. The minimum absolute atomic E-state index is 0. The summed E-state index contributed by atoms with van der Waals surface area (Å²) in [6.45, 7) is 1.43.